The lowest BCUT2D eigenvalue weighted by Gasteiger charge is -2.59. The molecule has 7 atom stereocenters. The molecule has 2 aliphatic carbocycles. The number of carbonyl (C=O) groups is 2. The Morgan fingerprint density at radius 2 is 1.74 bits per heavy atom. The Balaban J connectivity index is 1.41. The van der Waals surface area contributed by atoms with E-state index < -0.39 is 42.0 Å². The van der Waals surface area contributed by atoms with Crippen LogP contribution in [-0.4, -0.2) is 84.2 Å². The summed E-state index contributed by atoms with van der Waals surface area (Å²) in [6.07, 6.45) is 11.0. The number of nitrogens with one attached hydrogen (secondary N) is 1. The summed E-state index contributed by atoms with van der Waals surface area (Å²) in [5.74, 6) is -2.32. The topological polar surface area (TPSA) is 158 Å². The van der Waals surface area contributed by atoms with Crippen LogP contribution in [0.2, 0.25) is 0 Å². The zero-order valence-corrected chi connectivity index (χ0v) is 37.7. The Morgan fingerprint density at radius 3 is 2.47 bits per heavy atom. The van der Waals surface area contributed by atoms with Gasteiger partial charge in [0.25, 0.3) is 0 Å². The number of allylic oxidation sites excluding steroid dienone is 1. The molecular formula is C52H64FN3O10. The fraction of sp³-hybridized carbons (Fsp3) is 0.481. The molecule has 2 heterocycles. The fourth-order valence-electron chi connectivity index (χ4n) is 9.94. The highest BCUT2D eigenvalue weighted by atomic mass is 19.1. The van der Waals surface area contributed by atoms with Gasteiger partial charge >= 0.3 is 12.2 Å². The highest BCUT2D eigenvalue weighted by Gasteiger charge is 2.65. The number of oxime groups is 1. The largest absolute Gasteiger partial charge is 0.459 e. The number of nitrogens with zero attached hydrogens (tertiary/aromatic N) is 2. The van der Waals surface area contributed by atoms with Crippen molar-refractivity contribution in [3.63, 3.8) is 0 Å². The summed E-state index contributed by atoms with van der Waals surface area (Å²) in [6.45, 7) is 8.87. The van der Waals surface area contributed by atoms with Crippen LogP contribution >= 0.6 is 0 Å². The van der Waals surface area contributed by atoms with Gasteiger partial charge in [0, 0.05) is 50.6 Å². The highest BCUT2D eigenvalue weighted by molar-refractivity contribution is 6.03. The summed E-state index contributed by atoms with van der Waals surface area (Å²) in [7, 11) is 0. The number of halogens is 1. The van der Waals surface area contributed by atoms with Gasteiger partial charge in [-0.05, 0) is 104 Å². The zero-order valence-electron chi connectivity index (χ0n) is 37.7. The molecule has 1 saturated carbocycles. The van der Waals surface area contributed by atoms with Crippen molar-refractivity contribution in [3.8, 4) is 11.5 Å². The lowest BCUT2D eigenvalue weighted by molar-refractivity contribution is -0.256. The number of ether oxygens (including phenoxy) is 5. The third kappa shape index (κ3) is 11.7. The van der Waals surface area contributed by atoms with E-state index in [-0.39, 0.29) is 63.7 Å². The highest BCUT2D eigenvalue weighted by Crippen LogP contribution is 2.62. The third-order valence-electron chi connectivity index (χ3n) is 13.0. The molecule has 3 aromatic rings. The Bertz CT molecular complexity index is 2150. The van der Waals surface area contributed by atoms with Crippen molar-refractivity contribution in [1.29, 1.82) is 0 Å². The van der Waals surface area contributed by atoms with Crippen molar-refractivity contribution in [2.24, 2.45) is 22.9 Å². The van der Waals surface area contributed by atoms with E-state index in [4.69, 9.17) is 33.7 Å². The van der Waals surface area contributed by atoms with E-state index in [1.807, 2.05) is 36.4 Å². The van der Waals surface area contributed by atoms with Gasteiger partial charge in [0.1, 0.15) is 23.4 Å². The van der Waals surface area contributed by atoms with Crippen LogP contribution in [0.4, 0.5) is 14.0 Å². The van der Waals surface area contributed by atoms with Crippen LogP contribution in [0.25, 0.3) is 0 Å². The third-order valence-corrected chi connectivity index (χ3v) is 13.0. The number of aliphatic hydroxyl groups excluding tert-OH is 2. The zero-order chi connectivity index (χ0) is 46.3. The van der Waals surface area contributed by atoms with Gasteiger partial charge < -0.3 is 44.1 Å². The second-order valence-corrected chi connectivity index (χ2v) is 17.3. The molecule has 1 saturated heterocycles. The molecule has 0 bridgehead atoms. The number of unbranched alkanes of at least 4 members (excludes halogenated alkanes) is 2. The second kappa shape index (κ2) is 23.8. The standard InChI is InChI=1S/C52H64FN3O10/c1-3-5-29-62-51(60)56(35-37-20-22-39(53)23-21-37)46-33-44(55-66-47-19-11-14-30-61-47)42-31-38(17-9-12-26-57)41(18-10-13-27-58)48-43-32-40(64-50(59)54-34-36-15-7-6-8-16-36)24-25-45(43)65-52(46,49(42)48)63-28-4-2/h3-4,6-8,15-16,20-25,31-32,38,41,46-49,57-58H,1-2,5,9-14,17-19,26-30,33-35H2,(H,54,59)/t38-,41+,46-,47?,48+,49+,52+/m0/s1. The molecule has 3 aromatic carbocycles. The average molecular weight is 910 g/mol. The predicted molar refractivity (Wildman–Crippen MR) is 247 cm³/mol. The molecule has 2 fully saturated rings. The summed E-state index contributed by atoms with van der Waals surface area (Å²) in [6, 6.07) is 20.0. The van der Waals surface area contributed by atoms with Crippen LogP contribution in [0.1, 0.15) is 93.2 Å². The van der Waals surface area contributed by atoms with E-state index in [2.05, 4.69) is 24.6 Å². The SMILES string of the molecule is C=CCCOC(=O)N(Cc1ccc(F)cc1)[C@H]1CC(=NOC2CCCCO2)C2=C[C@H](CCCCO)[C@@H](CCCCO)[C@@H]3c4cc(OC(=O)NCc5ccccc5)ccc4O[C@@]1(OCC=C)[C@H]23. The van der Waals surface area contributed by atoms with Gasteiger partial charge in [-0.25, -0.2) is 14.0 Å². The summed E-state index contributed by atoms with van der Waals surface area (Å²) >= 11 is 0. The lowest BCUT2D eigenvalue weighted by atomic mass is 9.55. The smallest absolute Gasteiger partial charge is 0.412 e. The normalized spacial score (nSPS) is 24.7. The summed E-state index contributed by atoms with van der Waals surface area (Å²) in [5.41, 5.74) is 3.78. The Kier molecular flexibility index (Phi) is 17.4. The van der Waals surface area contributed by atoms with Gasteiger partial charge in [0.15, 0.2) is 0 Å². The van der Waals surface area contributed by atoms with E-state index >= 15 is 0 Å². The molecule has 3 N–H and O–H groups in total. The van der Waals surface area contributed by atoms with Crippen molar-refractivity contribution < 1.29 is 52.7 Å². The minimum absolute atomic E-state index is 0.0121. The Morgan fingerprint density at radius 1 is 0.955 bits per heavy atom. The number of hydrogen-bond acceptors (Lipinski definition) is 11. The first-order chi connectivity index (χ1) is 32.3. The van der Waals surface area contributed by atoms with Crippen molar-refractivity contribution in [2.45, 2.75) is 108 Å². The molecule has 13 nitrogen and oxygen atoms in total. The van der Waals surface area contributed by atoms with Crippen molar-refractivity contribution in [1.82, 2.24) is 10.2 Å². The first kappa shape index (κ1) is 48.4. The molecule has 0 radical (unpaired) electrons. The molecule has 1 unspecified atom stereocenters. The number of rotatable bonds is 22. The molecule has 0 spiro atoms. The molecule has 2 amide bonds. The van der Waals surface area contributed by atoms with Gasteiger partial charge in [0.05, 0.1) is 31.5 Å². The van der Waals surface area contributed by atoms with Gasteiger partial charge in [-0.1, -0.05) is 78.7 Å². The first-order valence-electron chi connectivity index (χ1n) is 23.4. The number of fused-ring (bicyclic) bond motifs is 2. The molecule has 7 rings (SSSR count). The maximum Gasteiger partial charge on any atom is 0.412 e. The monoisotopic (exact) mass is 909 g/mol. The van der Waals surface area contributed by atoms with E-state index in [9.17, 15) is 24.2 Å². The van der Waals surface area contributed by atoms with Crippen LogP contribution in [0.5, 0.6) is 11.5 Å². The molecule has 4 aliphatic rings. The number of carbonyl (C=O) groups excluding carboxylic acids is 2. The van der Waals surface area contributed by atoms with E-state index in [0.717, 1.165) is 48.8 Å². The molecule has 66 heavy (non-hydrogen) atoms. The summed E-state index contributed by atoms with van der Waals surface area (Å²) in [5, 5.41) is 27.7. The van der Waals surface area contributed by atoms with Gasteiger partial charge in [-0.3, -0.25) is 4.90 Å². The van der Waals surface area contributed by atoms with Gasteiger partial charge in [-0.2, -0.15) is 0 Å². The minimum Gasteiger partial charge on any atom is -0.459 e. The van der Waals surface area contributed by atoms with Gasteiger partial charge in [-0.15, -0.1) is 13.2 Å². The van der Waals surface area contributed by atoms with E-state index in [1.54, 1.807) is 41.3 Å². The lowest BCUT2D eigenvalue weighted by Crippen LogP contribution is -2.70. The second-order valence-electron chi connectivity index (χ2n) is 17.3. The Labute approximate surface area is 387 Å². The summed E-state index contributed by atoms with van der Waals surface area (Å²) < 4.78 is 46.6. The van der Waals surface area contributed by atoms with Crippen LogP contribution in [0.3, 0.4) is 0 Å². The van der Waals surface area contributed by atoms with Crippen LogP contribution in [0.15, 0.2) is 115 Å². The minimum atomic E-state index is -1.59. The van der Waals surface area contributed by atoms with E-state index in [0.29, 0.717) is 61.5 Å². The fourth-order valence-corrected chi connectivity index (χ4v) is 9.94. The maximum absolute atomic E-state index is 14.7. The Hall–Kier alpha value is -5.54. The first-order valence-corrected chi connectivity index (χ1v) is 23.4. The molecule has 14 heteroatoms. The van der Waals surface area contributed by atoms with Crippen molar-refractivity contribution in [2.75, 3.05) is 33.0 Å². The molecular weight excluding hydrogens is 846 g/mol. The van der Waals surface area contributed by atoms with Crippen LogP contribution in [0, 0.1) is 23.6 Å². The van der Waals surface area contributed by atoms with Crippen molar-refractivity contribution in [3.05, 3.63) is 132 Å². The van der Waals surface area contributed by atoms with Crippen LogP contribution < -0.4 is 14.8 Å². The summed E-state index contributed by atoms with van der Waals surface area (Å²) in [4.78, 5) is 35.8. The molecule has 354 valence electrons. The van der Waals surface area contributed by atoms with E-state index in [1.165, 1.54) is 12.1 Å². The number of aliphatic hydroxyl groups is 2. The number of hydrogen-bond donors (Lipinski definition) is 3. The van der Waals surface area contributed by atoms with Gasteiger partial charge in [0.2, 0.25) is 12.1 Å². The average Bonchev–Trinajstić information content (AvgIpc) is 3.34. The molecule has 0 aromatic heterocycles. The van der Waals surface area contributed by atoms with Crippen LogP contribution in [-0.2, 0) is 32.1 Å². The van der Waals surface area contributed by atoms with Crippen molar-refractivity contribution >= 4 is 17.9 Å². The number of benzene rings is 3. The predicted octanol–water partition coefficient (Wildman–Crippen LogP) is 9.49. The maximum atomic E-state index is 14.7. The molecule has 2 aliphatic heterocycles. The number of amides is 2. The quantitative estimate of drug-likeness (QED) is 0.0504.